The molecule has 8 nitrogen and oxygen atoms in total. The van der Waals surface area contributed by atoms with Crippen molar-refractivity contribution in [2.24, 2.45) is 11.6 Å². The van der Waals surface area contributed by atoms with Gasteiger partial charge in [0.1, 0.15) is 5.82 Å². The SMILES string of the molecule is Cc1ccc2c(c1)nc1n2CC(NC(=O)c2ccc(N(N)/C=C(\N)CCO)cc2Cl)CC1. The molecular weight excluding hydrogens is 428 g/mol. The van der Waals surface area contributed by atoms with Crippen molar-refractivity contribution in [3.05, 3.63) is 70.3 Å². The van der Waals surface area contributed by atoms with Gasteiger partial charge in [0.15, 0.2) is 0 Å². The molecule has 1 aliphatic heterocycles. The Bertz CT molecular complexity index is 1190. The first-order chi connectivity index (χ1) is 15.4. The van der Waals surface area contributed by atoms with E-state index in [1.54, 1.807) is 18.2 Å². The van der Waals surface area contributed by atoms with Gasteiger partial charge in [-0.1, -0.05) is 17.7 Å². The average Bonchev–Trinajstić information content (AvgIpc) is 3.10. The van der Waals surface area contributed by atoms with Crippen molar-refractivity contribution in [3.8, 4) is 0 Å². The number of halogens is 1. The molecule has 6 N–H and O–H groups in total. The summed E-state index contributed by atoms with van der Waals surface area (Å²) in [5, 5.41) is 13.7. The molecule has 0 bridgehead atoms. The molecule has 9 heteroatoms. The lowest BCUT2D eigenvalue weighted by atomic mass is 10.1. The van der Waals surface area contributed by atoms with E-state index in [1.807, 2.05) is 0 Å². The van der Waals surface area contributed by atoms with Crippen molar-refractivity contribution in [3.63, 3.8) is 0 Å². The number of hydrazine groups is 1. The number of rotatable bonds is 6. The first kappa shape index (κ1) is 22.1. The normalized spacial score (nSPS) is 16.1. The number of aryl methyl sites for hydroxylation is 2. The molecule has 168 valence electrons. The molecule has 2 heterocycles. The molecular formula is C23H27ClN6O2. The van der Waals surface area contributed by atoms with Crippen LogP contribution in [0, 0.1) is 6.92 Å². The Hall–Kier alpha value is -3.07. The number of carbonyl (C=O) groups is 1. The number of carbonyl (C=O) groups excluding carboxylic acids is 1. The van der Waals surface area contributed by atoms with E-state index in [4.69, 9.17) is 33.3 Å². The topological polar surface area (TPSA) is 122 Å². The number of anilines is 1. The van der Waals surface area contributed by atoms with Crippen LogP contribution in [0.15, 0.2) is 48.3 Å². The molecule has 0 spiro atoms. The second-order valence-electron chi connectivity index (χ2n) is 8.09. The van der Waals surface area contributed by atoms with Crippen LogP contribution in [0.2, 0.25) is 5.02 Å². The van der Waals surface area contributed by atoms with Crippen LogP contribution >= 0.6 is 11.6 Å². The highest BCUT2D eigenvalue weighted by Gasteiger charge is 2.24. The maximum atomic E-state index is 12.9. The largest absolute Gasteiger partial charge is 0.401 e. The van der Waals surface area contributed by atoms with Crippen LogP contribution in [0.25, 0.3) is 11.0 Å². The van der Waals surface area contributed by atoms with Crippen LogP contribution in [0.4, 0.5) is 5.69 Å². The van der Waals surface area contributed by atoms with E-state index in [-0.39, 0.29) is 18.6 Å². The summed E-state index contributed by atoms with van der Waals surface area (Å²) >= 11 is 6.39. The fourth-order valence-corrected chi connectivity index (χ4v) is 4.24. The smallest absolute Gasteiger partial charge is 0.253 e. The number of nitrogens with zero attached hydrogens (tertiary/aromatic N) is 3. The van der Waals surface area contributed by atoms with E-state index < -0.39 is 0 Å². The monoisotopic (exact) mass is 454 g/mol. The van der Waals surface area contributed by atoms with Crippen molar-refractivity contribution in [2.45, 2.75) is 38.8 Å². The van der Waals surface area contributed by atoms with Crippen LogP contribution in [-0.2, 0) is 13.0 Å². The molecule has 1 aliphatic rings. The zero-order valence-corrected chi connectivity index (χ0v) is 18.6. The number of hydrogen-bond acceptors (Lipinski definition) is 6. The molecule has 1 aromatic heterocycles. The van der Waals surface area contributed by atoms with Gasteiger partial charge in [-0.2, -0.15) is 0 Å². The molecule has 0 saturated carbocycles. The van der Waals surface area contributed by atoms with E-state index >= 15 is 0 Å². The summed E-state index contributed by atoms with van der Waals surface area (Å²) in [5.41, 5.74) is 10.4. The fraction of sp³-hybridized carbons (Fsp3) is 0.304. The molecule has 1 atom stereocenters. The summed E-state index contributed by atoms with van der Waals surface area (Å²) in [4.78, 5) is 17.7. The average molecular weight is 455 g/mol. The predicted octanol–water partition coefficient (Wildman–Crippen LogP) is 2.61. The van der Waals surface area contributed by atoms with Crippen molar-refractivity contribution in [1.82, 2.24) is 14.9 Å². The number of fused-ring (bicyclic) bond motifs is 3. The number of aliphatic hydroxyl groups is 1. The van der Waals surface area contributed by atoms with Crippen molar-refractivity contribution in [1.29, 1.82) is 0 Å². The number of amides is 1. The van der Waals surface area contributed by atoms with Crippen LogP contribution in [0.5, 0.6) is 0 Å². The Morgan fingerprint density at radius 1 is 1.38 bits per heavy atom. The van der Waals surface area contributed by atoms with Crippen molar-refractivity contribution < 1.29 is 9.90 Å². The molecule has 0 saturated heterocycles. The summed E-state index contributed by atoms with van der Waals surface area (Å²) in [6, 6.07) is 11.2. The number of imidazole rings is 1. The van der Waals surface area contributed by atoms with Gasteiger partial charge in [0, 0.05) is 43.9 Å². The van der Waals surface area contributed by atoms with E-state index in [0.29, 0.717) is 34.9 Å². The third-order valence-corrected chi connectivity index (χ3v) is 5.95. The Morgan fingerprint density at radius 2 is 2.19 bits per heavy atom. The van der Waals surface area contributed by atoms with Crippen LogP contribution < -0.4 is 21.9 Å². The summed E-state index contributed by atoms with van der Waals surface area (Å²) in [6.45, 7) is 2.66. The molecule has 4 rings (SSSR count). The molecule has 1 amide bonds. The first-order valence-corrected chi connectivity index (χ1v) is 10.9. The standard InChI is InChI=1S/C23H27ClN6O2/c1-14-2-6-21-20(10-14)28-22-7-3-16(13-29(21)22)27-23(32)18-5-4-17(11-19(18)24)30(26)12-15(25)8-9-31/h2,4-6,10-12,16,31H,3,7-9,13,25-26H2,1H3,(H,27,32)/b15-12-. The Labute approximate surface area is 191 Å². The van der Waals surface area contributed by atoms with E-state index in [1.165, 1.54) is 16.8 Å². The first-order valence-electron chi connectivity index (χ1n) is 10.5. The number of nitrogens with one attached hydrogen (secondary N) is 1. The second kappa shape index (κ2) is 9.20. The molecule has 0 aliphatic carbocycles. The minimum absolute atomic E-state index is 0.0170. The van der Waals surface area contributed by atoms with Gasteiger partial charge in [-0.15, -0.1) is 0 Å². The molecule has 32 heavy (non-hydrogen) atoms. The Kier molecular flexibility index (Phi) is 6.36. The number of nitrogens with two attached hydrogens (primary N) is 2. The lowest BCUT2D eigenvalue weighted by molar-refractivity contribution is 0.0928. The molecule has 2 aromatic carbocycles. The molecule has 0 fully saturated rings. The van der Waals surface area contributed by atoms with Gasteiger partial charge in [-0.25, -0.2) is 10.8 Å². The Balaban J connectivity index is 1.46. The lowest BCUT2D eigenvalue weighted by Gasteiger charge is -2.25. The van der Waals surface area contributed by atoms with Crippen LogP contribution in [0.1, 0.15) is 34.6 Å². The minimum atomic E-state index is -0.228. The highest BCUT2D eigenvalue weighted by Crippen LogP contribution is 2.26. The van der Waals surface area contributed by atoms with Gasteiger partial charge in [-0.3, -0.25) is 9.80 Å². The zero-order valence-electron chi connectivity index (χ0n) is 17.9. The fourth-order valence-electron chi connectivity index (χ4n) is 3.98. The van der Waals surface area contributed by atoms with Gasteiger partial charge in [0.25, 0.3) is 5.91 Å². The van der Waals surface area contributed by atoms with Gasteiger partial charge in [0.05, 0.1) is 27.3 Å². The second-order valence-corrected chi connectivity index (χ2v) is 8.50. The number of aromatic nitrogens is 2. The summed E-state index contributed by atoms with van der Waals surface area (Å²) in [5.74, 6) is 6.81. The van der Waals surface area contributed by atoms with E-state index in [2.05, 4.69) is 35.0 Å². The molecule has 3 aromatic rings. The van der Waals surface area contributed by atoms with Crippen LogP contribution in [0.3, 0.4) is 0 Å². The van der Waals surface area contributed by atoms with E-state index in [9.17, 15) is 4.79 Å². The van der Waals surface area contributed by atoms with Crippen LogP contribution in [-0.4, -0.2) is 33.2 Å². The van der Waals surface area contributed by atoms with Gasteiger partial charge in [0.2, 0.25) is 0 Å². The summed E-state index contributed by atoms with van der Waals surface area (Å²) in [7, 11) is 0. The zero-order chi connectivity index (χ0) is 22.8. The number of benzene rings is 2. The third kappa shape index (κ3) is 4.57. The van der Waals surface area contributed by atoms with Gasteiger partial charge >= 0.3 is 0 Å². The van der Waals surface area contributed by atoms with E-state index in [0.717, 1.165) is 29.7 Å². The number of hydrogen-bond donors (Lipinski definition) is 4. The van der Waals surface area contributed by atoms with Gasteiger partial charge < -0.3 is 20.7 Å². The molecule has 1 unspecified atom stereocenters. The quantitative estimate of drug-likeness (QED) is 0.335. The van der Waals surface area contributed by atoms with Crippen molar-refractivity contribution in [2.75, 3.05) is 11.6 Å². The highest BCUT2D eigenvalue weighted by atomic mass is 35.5. The molecule has 0 radical (unpaired) electrons. The summed E-state index contributed by atoms with van der Waals surface area (Å²) in [6.07, 6.45) is 3.44. The lowest BCUT2D eigenvalue weighted by Crippen LogP contribution is -2.41. The predicted molar refractivity (Wildman–Crippen MR) is 126 cm³/mol. The van der Waals surface area contributed by atoms with Gasteiger partial charge in [-0.05, 0) is 49.2 Å². The minimum Gasteiger partial charge on any atom is -0.401 e. The maximum Gasteiger partial charge on any atom is 0.253 e. The third-order valence-electron chi connectivity index (χ3n) is 5.64. The maximum absolute atomic E-state index is 12.9. The summed E-state index contributed by atoms with van der Waals surface area (Å²) < 4.78 is 2.18. The number of aliphatic hydroxyl groups excluding tert-OH is 1. The highest BCUT2D eigenvalue weighted by molar-refractivity contribution is 6.34. The van der Waals surface area contributed by atoms with Crippen molar-refractivity contribution >= 4 is 34.2 Å². The Morgan fingerprint density at radius 3 is 2.94 bits per heavy atom.